The van der Waals surface area contributed by atoms with Gasteiger partial charge in [0.25, 0.3) is 11.6 Å². The van der Waals surface area contributed by atoms with Crippen LogP contribution in [0.2, 0.25) is 0 Å². The Hall–Kier alpha value is -4.64. The Balaban J connectivity index is 1.28. The number of nitrogens with one attached hydrogen (secondary N) is 1. The number of non-ortho nitro benzene ring substituents is 1. The fourth-order valence-corrected chi connectivity index (χ4v) is 4.19. The molecule has 11 heteroatoms. The van der Waals surface area contributed by atoms with Crippen molar-refractivity contribution in [3.63, 3.8) is 0 Å². The Labute approximate surface area is 203 Å². The second-order valence-electron chi connectivity index (χ2n) is 7.45. The number of thioether (sulfide) groups is 1. The van der Waals surface area contributed by atoms with Crippen LogP contribution in [0.15, 0.2) is 88.7 Å². The molecule has 0 atom stereocenters. The largest absolute Gasteiger partial charge is 0.489 e. The van der Waals surface area contributed by atoms with Crippen molar-refractivity contribution in [2.24, 2.45) is 10.1 Å². The highest BCUT2D eigenvalue weighted by molar-refractivity contribution is 8.27. The zero-order chi connectivity index (χ0) is 24.4. The van der Waals surface area contributed by atoms with Crippen LogP contribution in [0.1, 0.15) is 16.7 Å². The van der Waals surface area contributed by atoms with Crippen LogP contribution in [0.3, 0.4) is 0 Å². The number of fused-ring (bicyclic) bond motifs is 1. The molecule has 35 heavy (non-hydrogen) atoms. The lowest BCUT2D eigenvalue weighted by Gasteiger charge is -2.20. The number of carbonyl (C=O) groups excluding carboxylic acids is 1. The molecule has 1 amide bonds. The van der Waals surface area contributed by atoms with Crippen LogP contribution >= 0.6 is 11.8 Å². The number of ether oxygens (including phenoxy) is 1. The predicted octanol–water partition coefficient (Wildman–Crippen LogP) is 4.24. The quantitative estimate of drug-likeness (QED) is 0.314. The molecule has 3 heterocycles. The summed E-state index contributed by atoms with van der Waals surface area (Å²) in [6, 6.07) is 16.8. The minimum absolute atomic E-state index is 0.0249. The fourth-order valence-electron chi connectivity index (χ4n) is 3.31. The van der Waals surface area contributed by atoms with Gasteiger partial charge in [-0.2, -0.15) is 15.1 Å². The van der Waals surface area contributed by atoms with Crippen molar-refractivity contribution in [3.8, 4) is 5.75 Å². The zero-order valence-corrected chi connectivity index (χ0v) is 18.8. The molecule has 0 fully saturated rings. The van der Waals surface area contributed by atoms with E-state index in [9.17, 15) is 14.9 Å². The van der Waals surface area contributed by atoms with E-state index < -0.39 is 10.8 Å². The summed E-state index contributed by atoms with van der Waals surface area (Å²) in [4.78, 5) is 31.1. The van der Waals surface area contributed by atoms with E-state index in [2.05, 4.69) is 15.1 Å². The maximum atomic E-state index is 12.6. The lowest BCUT2D eigenvalue weighted by Crippen LogP contribution is -2.35. The van der Waals surface area contributed by atoms with E-state index >= 15 is 0 Å². The predicted molar refractivity (Wildman–Crippen MR) is 132 cm³/mol. The second-order valence-corrected chi connectivity index (χ2v) is 8.40. The van der Waals surface area contributed by atoms with Crippen molar-refractivity contribution in [1.29, 1.82) is 5.41 Å². The first-order valence-electron chi connectivity index (χ1n) is 10.3. The number of aliphatic imine (C=N–C) groups is 1. The Kier molecular flexibility index (Phi) is 5.90. The lowest BCUT2D eigenvalue weighted by molar-refractivity contribution is -0.384. The van der Waals surface area contributed by atoms with Gasteiger partial charge < -0.3 is 4.74 Å². The third-order valence-electron chi connectivity index (χ3n) is 5.11. The SMILES string of the molecule is N=C1/C(=C/c2ccc(OCc3ccc([N+](=O)[O-])cc3)cc2)C(=O)N=C2SC(c3cccnc3)=NN12. The van der Waals surface area contributed by atoms with E-state index in [0.29, 0.717) is 21.5 Å². The molecule has 1 aromatic heterocycles. The van der Waals surface area contributed by atoms with Gasteiger partial charge in [-0.15, -0.1) is 0 Å². The fraction of sp³-hybridized carbons (Fsp3) is 0.0417. The minimum atomic E-state index is -0.505. The number of benzene rings is 2. The first kappa shape index (κ1) is 22.2. The van der Waals surface area contributed by atoms with Gasteiger partial charge in [0.2, 0.25) is 5.17 Å². The molecular weight excluding hydrogens is 468 g/mol. The number of amides is 1. The van der Waals surface area contributed by atoms with E-state index in [0.717, 1.165) is 11.1 Å². The summed E-state index contributed by atoms with van der Waals surface area (Å²) < 4.78 is 5.73. The monoisotopic (exact) mass is 484 g/mol. The van der Waals surface area contributed by atoms with Crippen LogP contribution in [0.5, 0.6) is 5.75 Å². The minimum Gasteiger partial charge on any atom is -0.489 e. The number of carbonyl (C=O) groups is 1. The maximum Gasteiger partial charge on any atom is 0.283 e. The Morgan fingerprint density at radius 2 is 1.89 bits per heavy atom. The van der Waals surface area contributed by atoms with Gasteiger partial charge in [0.15, 0.2) is 5.84 Å². The van der Waals surface area contributed by atoms with Crippen LogP contribution in [-0.4, -0.2) is 36.9 Å². The van der Waals surface area contributed by atoms with E-state index in [-0.39, 0.29) is 23.7 Å². The number of hydrazone groups is 1. The average molecular weight is 484 g/mol. The Morgan fingerprint density at radius 1 is 1.11 bits per heavy atom. The molecule has 0 spiro atoms. The lowest BCUT2D eigenvalue weighted by atomic mass is 10.1. The van der Waals surface area contributed by atoms with E-state index in [1.165, 1.54) is 28.9 Å². The van der Waals surface area contributed by atoms with Crippen LogP contribution in [0, 0.1) is 15.5 Å². The van der Waals surface area contributed by atoms with Gasteiger partial charge in [-0.05, 0) is 65.4 Å². The molecule has 0 radical (unpaired) electrons. The van der Waals surface area contributed by atoms with Gasteiger partial charge in [-0.1, -0.05) is 12.1 Å². The number of nitrogens with zero attached hydrogens (tertiary/aromatic N) is 5. The smallest absolute Gasteiger partial charge is 0.283 e. The second kappa shape index (κ2) is 9.31. The number of aromatic nitrogens is 1. The molecule has 10 nitrogen and oxygen atoms in total. The summed E-state index contributed by atoms with van der Waals surface area (Å²) in [6.07, 6.45) is 4.92. The molecule has 1 N–H and O–H groups in total. The van der Waals surface area contributed by atoms with Crippen molar-refractivity contribution >= 4 is 45.5 Å². The van der Waals surface area contributed by atoms with Gasteiger partial charge in [-0.3, -0.25) is 25.3 Å². The number of hydrogen-bond donors (Lipinski definition) is 1. The zero-order valence-electron chi connectivity index (χ0n) is 18.0. The van der Waals surface area contributed by atoms with Crippen molar-refractivity contribution in [2.45, 2.75) is 6.61 Å². The molecule has 172 valence electrons. The molecule has 2 aromatic carbocycles. The highest BCUT2D eigenvalue weighted by atomic mass is 32.2. The first-order chi connectivity index (χ1) is 17.0. The number of nitro groups is 1. The van der Waals surface area contributed by atoms with Gasteiger partial charge in [0.1, 0.15) is 17.4 Å². The molecular formula is C24H16N6O4S. The standard InChI is InChI=1S/C24H16N6O4S/c25-21-20(22(31)27-24-29(21)28-23(35-24)17-2-1-11-26-13-17)12-15-5-9-19(10-6-15)34-14-16-3-7-18(8-4-16)30(32)33/h1-13,25H,14H2/b20-12-,25-21?. The van der Waals surface area contributed by atoms with Gasteiger partial charge in [0, 0.05) is 30.1 Å². The molecule has 0 saturated carbocycles. The molecule has 0 unspecified atom stereocenters. The Morgan fingerprint density at radius 3 is 2.57 bits per heavy atom. The van der Waals surface area contributed by atoms with Crippen molar-refractivity contribution in [1.82, 2.24) is 9.99 Å². The summed E-state index contributed by atoms with van der Waals surface area (Å²) in [5.41, 5.74) is 2.43. The number of pyridine rings is 1. The summed E-state index contributed by atoms with van der Waals surface area (Å²) in [5, 5.41) is 26.0. The third-order valence-corrected chi connectivity index (χ3v) is 6.06. The number of rotatable bonds is 6. The topological polar surface area (TPSA) is 134 Å². The van der Waals surface area contributed by atoms with Gasteiger partial charge in [-0.25, -0.2) is 0 Å². The summed E-state index contributed by atoms with van der Waals surface area (Å²) >= 11 is 1.22. The summed E-state index contributed by atoms with van der Waals surface area (Å²) in [7, 11) is 0. The van der Waals surface area contributed by atoms with Gasteiger partial charge >= 0.3 is 0 Å². The molecule has 3 aromatic rings. The van der Waals surface area contributed by atoms with E-state index in [1.807, 2.05) is 6.07 Å². The molecule has 0 bridgehead atoms. The van der Waals surface area contributed by atoms with E-state index in [4.69, 9.17) is 10.1 Å². The number of nitro benzene ring substituents is 1. The summed E-state index contributed by atoms with van der Waals surface area (Å²) in [6.45, 7) is 0.253. The van der Waals surface area contributed by atoms with Crippen LogP contribution in [0.25, 0.3) is 6.08 Å². The average Bonchev–Trinajstić information content (AvgIpc) is 3.31. The number of hydrogen-bond acceptors (Lipinski definition) is 8. The van der Waals surface area contributed by atoms with Crippen LogP contribution in [-0.2, 0) is 11.4 Å². The molecule has 2 aliphatic heterocycles. The van der Waals surface area contributed by atoms with Crippen molar-refractivity contribution in [2.75, 3.05) is 0 Å². The van der Waals surface area contributed by atoms with E-state index in [1.54, 1.807) is 60.9 Å². The van der Waals surface area contributed by atoms with Gasteiger partial charge in [0.05, 0.1) is 10.5 Å². The Bertz CT molecular complexity index is 1420. The highest BCUT2D eigenvalue weighted by Gasteiger charge is 2.36. The number of amidine groups is 2. The normalized spacial score (nSPS) is 16.1. The first-order valence-corrected chi connectivity index (χ1v) is 11.2. The van der Waals surface area contributed by atoms with Crippen LogP contribution in [0.4, 0.5) is 5.69 Å². The third kappa shape index (κ3) is 4.70. The molecule has 5 rings (SSSR count). The highest BCUT2D eigenvalue weighted by Crippen LogP contribution is 2.30. The molecule has 0 aliphatic carbocycles. The van der Waals surface area contributed by atoms with Crippen molar-refractivity contribution < 1.29 is 14.5 Å². The van der Waals surface area contributed by atoms with Crippen LogP contribution < -0.4 is 4.74 Å². The molecule has 0 saturated heterocycles. The molecule has 2 aliphatic rings. The summed E-state index contributed by atoms with van der Waals surface area (Å²) in [5.74, 6) is 0.0392. The van der Waals surface area contributed by atoms with Crippen molar-refractivity contribution in [3.05, 3.63) is 105 Å². The maximum absolute atomic E-state index is 12.6.